The summed E-state index contributed by atoms with van der Waals surface area (Å²) < 4.78 is 10.5. The maximum absolute atomic E-state index is 12.5. The van der Waals surface area contributed by atoms with Crippen LogP contribution in [-0.2, 0) is 9.53 Å². The van der Waals surface area contributed by atoms with Gasteiger partial charge in [-0.2, -0.15) is 0 Å². The van der Waals surface area contributed by atoms with Gasteiger partial charge in [0.25, 0.3) is 5.91 Å². The number of aliphatic carboxylic acids is 1. The fourth-order valence-corrected chi connectivity index (χ4v) is 4.32. The van der Waals surface area contributed by atoms with Crippen LogP contribution >= 0.6 is 0 Å². The third kappa shape index (κ3) is 5.68. The molecule has 0 saturated heterocycles. The molecule has 1 heterocycles. The van der Waals surface area contributed by atoms with Gasteiger partial charge in [-0.1, -0.05) is 73.5 Å². The summed E-state index contributed by atoms with van der Waals surface area (Å²) in [6.45, 7) is 2.12. The van der Waals surface area contributed by atoms with E-state index in [4.69, 9.17) is 14.4 Å². The second-order valence-corrected chi connectivity index (χ2v) is 8.44. The lowest BCUT2D eigenvalue weighted by Gasteiger charge is -2.15. The first-order valence-electron chi connectivity index (χ1n) is 11.6. The molecule has 2 amide bonds. The number of anilines is 1. The molecule has 182 valence electrons. The highest BCUT2D eigenvalue weighted by atomic mass is 16.6. The molecule has 3 aromatic rings. The van der Waals surface area contributed by atoms with E-state index in [-0.39, 0.29) is 30.5 Å². The molecule has 9 nitrogen and oxygen atoms in total. The van der Waals surface area contributed by atoms with Gasteiger partial charge in [0.1, 0.15) is 6.61 Å². The molecule has 0 fully saturated rings. The van der Waals surface area contributed by atoms with Crippen molar-refractivity contribution in [2.24, 2.45) is 0 Å². The topological polar surface area (TPSA) is 131 Å². The maximum Gasteiger partial charge on any atom is 0.414 e. The van der Waals surface area contributed by atoms with Crippen LogP contribution in [0.2, 0.25) is 0 Å². The molecule has 4 rings (SSSR count). The summed E-state index contributed by atoms with van der Waals surface area (Å²) in [7, 11) is 0. The average Bonchev–Trinajstić information content (AvgIpc) is 3.43. The number of unbranched alkanes of at least 4 members (excludes halogenated alkanes) is 1. The van der Waals surface area contributed by atoms with Crippen LogP contribution in [0, 0.1) is 0 Å². The van der Waals surface area contributed by atoms with E-state index >= 15 is 0 Å². The molecule has 2 aromatic carbocycles. The largest absolute Gasteiger partial charge is 0.481 e. The van der Waals surface area contributed by atoms with Crippen molar-refractivity contribution in [3.8, 4) is 11.1 Å². The number of nitrogens with one attached hydrogen (secondary N) is 2. The molecule has 1 atom stereocenters. The lowest BCUT2D eigenvalue weighted by molar-refractivity contribution is -0.137. The zero-order valence-electron chi connectivity index (χ0n) is 19.3. The lowest BCUT2D eigenvalue weighted by atomic mass is 9.98. The Balaban J connectivity index is 1.34. The van der Waals surface area contributed by atoms with Crippen LogP contribution in [0.25, 0.3) is 11.1 Å². The molecule has 1 aliphatic rings. The Kier molecular flexibility index (Phi) is 7.45. The van der Waals surface area contributed by atoms with Crippen molar-refractivity contribution in [1.29, 1.82) is 0 Å². The maximum atomic E-state index is 12.5. The molecule has 9 heteroatoms. The highest BCUT2D eigenvalue weighted by Crippen LogP contribution is 2.44. The number of benzene rings is 2. The molecule has 3 N–H and O–H groups in total. The van der Waals surface area contributed by atoms with Gasteiger partial charge in [-0.05, 0) is 28.7 Å². The smallest absolute Gasteiger partial charge is 0.414 e. The molecule has 0 saturated carbocycles. The third-order valence-electron chi connectivity index (χ3n) is 5.97. The molecule has 35 heavy (non-hydrogen) atoms. The van der Waals surface area contributed by atoms with Gasteiger partial charge in [-0.3, -0.25) is 14.9 Å². The van der Waals surface area contributed by atoms with E-state index < -0.39 is 24.0 Å². The van der Waals surface area contributed by atoms with Gasteiger partial charge < -0.3 is 19.7 Å². The predicted molar refractivity (Wildman–Crippen MR) is 128 cm³/mol. The number of aromatic nitrogens is 1. The number of ether oxygens (including phenoxy) is 1. The van der Waals surface area contributed by atoms with Crippen LogP contribution in [-0.4, -0.2) is 40.9 Å². The van der Waals surface area contributed by atoms with Crippen LogP contribution in [0.15, 0.2) is 59.1 Å². The SMILES string of the molecule is CCCC[C@H](CC(=O)O)NC(=O)c1cc(NC(=O)OCC2c3ccccc3-c3ccccc32)on1. The Labute approximate surface area is 202 Å². The van der Waals surface area contributed by atoms with E-state index in [9.17, 15) is 14.4 Å². The average molecular weight is 478 g/mol. The Morgan fingerprint density at radius 3 is 2.37 bits per heavy atom. The van der Waals surface area contributed by atoms with Crippen molar-refractivity contribution in [2.75, 3.05) is 11.9 Å². The van der Waals surface area contributed by atoms with Crippen LogP contribution in [0.3, 0.4) is 0 Å². The van der Waals surface area contributed by atoms with E-state index in [0.717, 1.165) is 35.1 Å². The number of carbonyl (C=O) groups excluding carboxylic acids is 2. The van der Waals surface area contributed by atoms with Gasteiger partial charge in [0.15, 0.2) is 5.69 Å². The first-order valence-corrected chi connectivity index (χ1v) is 11.6. The van der Waals surface area contributed by atoms with E-state index in [2.05, 4.69) is 27.9 Å². The minimum absolute atomic E-state index is 0.0456. The second-order valence-electron chi connectivity index (χ2n) is 8.44. The standard InChI is InChI=1S/C26H27N3O6/c1-2-3-8-16(13-24(30)31)27-25(32)22-14-23(35-29-22)28-26(33)34-15-21-19-11-6-4-9-17(19)18-10-5-7-12-20(18)21/h4-7,9-12,14,16,21H,2-3,8,13,15H2,1H3,(H,27,32)(H,28,33)(H,30,31)/t16-/m1/s1. The van der Waals surface area contributed by atoms with Gasteiger partial charge >= 0.3 is 12.1 Å². The minimum atomic E-state index is -0.996. The normalized spacial score (nSPS) is 12.9. The second kappa shape index (κ2) is 10.9. The van der Waals surface area contributed by atoms with Crippen molar-refractivity contribution in [3.05, 3.63) is 71.4 Å². The summed E-state index contributed by atoms with van der Waals surface area (Å²) in [6.07, 6.45) is 1.28. The number of fused-ring (bicyclic) bond motifs is 3. The highest BCUT2D eigenvalue weighted by molar-refractivity contribution is 5.94. The molecule has 1 aromatic heterocycles. The summed E-state index contributed by atoms with van der Waals surface area (Å²) >= 11 is 0. The van der Waals surface area contributed by atoms with Gasteiger partial charge in [-0.25, -0.2) is 4.79 Å². The predicted octanol–water partition coefficient (Wildman–Crippen LogP) is 4.80. The zero-order valence-corrected chi connectivity index (χ0v) is 19.3. The monoisotopic (exact) mass is 477 g/mol. The molecule has 0 spiro atoms. The number of hydrogen-bond acceptors (Lipinski definition) is 6. The zero-order chi connectivity index (χ0) is 24.8. The van der Waals surface area contributed by atoms with E-state index in [1.54, 1.807) is 0 Å². The van der Waals surface area contributed by atoms with E-state index in [0.29, 0.717) is 6.42 Å². The summed E-state index contributed by atoms with van der Waals surface area (Å²) in [5.41, 5.74) is 4.38. The molecular formula is C26H27N3O6. The number of carboxylic acid groups (broad SMARTS) is 1. The molecular weight excluding hydrogens is 450 g/mol. The Bertz CT molecular complexity index is 1180. The number of carboxylic acids is 1. The first-order chi connectivity index (χ1) is 17.0. The number of rotatable bonds is 10. The van der Waals surface area contributed by atoms with Crippen LogP contribution in [0.5, 0.6) is 0 Å². The number of nitrogens with zero attached hydrogens (tertiary/aromatic N) is 1. The molecule has 0 radical (unpaired) electrons. The Morgan fingerprint density at radius 1 is 1.09 bits per heavy atom. The van der Waals surface area contributed by atoms with Crippen molar-refractivity contribution in [3.63, 3.8) is 0 Å². The number of carbonyl (C=O) groups is 3. The van der Waals surface area contributed by atoms with E-state index in [1.165, 1.54) is 6.07 Å². The minimum Gasteiger partial charge on any atom is -0.481 e. The summed E-state index contributed by atoms with van der Waals surface area (Å²) in [5.74, 6) is -1.70. The Hall–Kier alpha value is -4.14. The summed E-state index contributed by atoms with van der Waals surface area (Å²) in [5, 5.41) is 17.8. The third-order valence-corrected chi connectivity index (χ3v) is 5.97. The highest BCUT2D eigenvalue weighted by Gasteiger charge is 2.29. The molecule has 0 bridgehead atoms. The van der Waals surface area contributed by atoms with Gasteiger partial charge in [-0.15, -0.1) is 0 Å². The first kappa shape index (κ1) is 24.0. The lowest BCUT2D eigenvalue weighted by Crippen LogP contribution is -2.36. The number of amides is 2. The summed E-state index contributed by atoms with van der Waals surface area (Å²) in [4.78, 5) is 35.9. The molecule has 1 aliphatic carbocycles. The van der Waals surface area contributed by atoms with Crippen molar-refractivity contribution >= 4 is 23.9 Å². The van der Waals surface area contributed by atoms with Crippen molar-refractivity contribution < 1.29 is 28.8 Å². The van der Waals surface area contributed by atoms with Crippen molar-refractivity contribution in [2.45, 2.75) is 44.6 Å². The molecule has 0 aliphatic heterocycles. The fourth-order valence-electron chi connectivity index (χ4n) is 4.32. The quantitative estimate of drug-likeness (QED) is 0.382. The Morgan fingerprint density at radius 2 is 1.74 bits per heavy atom. The number of hydrogen-bond donors (Lipinski definition) is 3. The van der Waals surface area contributed by atoms with Gasteiger partial charge in [0.05, 0.1) is 6.42 Å². The van der Waals surface area contributed by atoms with Gasteiger partial charge in [0.2, 0.25) is 5.88 Å². The molecule has 0 unspecified atom stereocenters. The van der Waals surface area contributed by atoms with Crippen LogP contribution in [0.1, 0.15) is 60.1 Å². The summed E-state index contributed by atoms with van der Waals surface area (Å²) in [6, 6.07) is 16.8. The van der Waals surface area contributed by atoms with Crippen LogP contribution in [0.4, 0.5) is 10.7 Å². The van der Waals surface area contributed by atoms with Crippen molar-refractivity contribution in [1.82, 2.24) is 10.5 Å². The fraction of sp³-hybridized carbons (Fsp3) is 0.308. The van der Waals surface area contributed by atoms with Gasteiger partial charge in [0, 0.05) is 18.0 Å². The van der Waals surface area contributed by atoms with Crippen LogP contribution < -0.4 is 10.6 Å². The van der Waals surface area contributed by atoms with E-state index in [1.807, 2.05) is 43.3 Å².